The van der Waals surface area contributed by atoms with Crippen LogP contribution in [0.1, 0.15) is 120 Å². The Kier molecular flexibility index (Phi) is 6.88. The van der Waals surface area contributed by atoms with Gasteiger partial charge in [0.25, 0.3) is 5.56 Å². The lowest BCUT2D eigenvalue weighted by Gasteiger charge is -2.60. The number of nitrogen functional groups attached to an aromatic ring is 1. The van der Waals surface area contributed by atoms with Crippen molar-refractivity contribution in [2.75, 3.05) is 5.73 Å². The molecule has 3 fully saturated rings. The molecule has 0 amide bonds. The summed E-state index contributed by atoms with van der Waals surface area (Å²) in [7, 11) is 0. The first-order chi connectivity index (χ1) is 18.5. The molecule has 0 aliphatic heterocycles. The van der Waals surface area contributed by atoms with Crippen molar-refractivity contribution < 1.29 is 4.79 Å². The van der Waals surface area contributed by atoms with Crippen molar-refractivity contribution >= 4 is 33.0 Å². The number of fused-ring (bicyclic) bond motifs is 8. The maximum absolute atomic E-state index is 12.7. The van der Waals surface area contributed by atoms with Gasteiger partial charge in [-0.15, -0.1) is 11.3 Å². The average molecular weight is 551 g/mol. The van der Waals surface area contributed by atoms with Crippen LogP contribution in [0.15, 0.2) is 4.79 Å². The van der Waals surface area contributed by atoms with Crippen LogP contribution in [0.2, 0.25) is 0 Å². The molecule has 3 N–H and O–H groups in total. The molecule has 0 aromatic carbocycles. The number of thiophene rings is 1. The van der Waals surface area contributed by atoms with Crippen LogP contribution in [0.4, 0.5) is 5.69 Å². The molecule has 0 unspecified atom stereocenters. The van der Waals surface area contributed by atoms with Crippen LogP contribution in [0.3, 0.4) is 0 Å². The number of nitrogens with one attached hydrogen (secondary N) is 1. The summed E-state index contributed by atoms with van der Waals surface area (Å²) in [6.07, 6.45) is 14.7. The van der Waals surface area contributed by atoms with E-state index in [-0.39, 0.29) is 16.9 Å². The lowest BCUT2D eigenvalue weighted by molar-refractivity contribution is -0.103. The van der Waals surface area contributed by atoms with E-state index in [1.807, 2.05) is 0 Å². The van der Waals surface area contributed by atoms with E-state index >= 15 is 0 Å². The highest BCUT2D eigenvalue weighted by atomic mass is 32.1. The molecular formula is C34H50N2O2S. The molecule has 4 aliphatic rings. The lowest BCUT2D eigenvalue weighted by atomic mass is 9.44. The fourth-order valence-electron chi connectivity index (χ4n) is 10.8. The Labute approximate surface area is 238 Å². The number of anilines is 1. The Morgan fingerprint density at radius 1 is 1.05 bits per heavy atom. The molecule has 0 bridgehead atoms. The van der Waals surface area contributed by atoms with Crippen LogP contribution in [-0.4, -0.2) is 10.8 Å². The Bertz CT molecular complexity index is 1340. The number of H-pyrrole nitrogens is 1. The average Bonchev–Trinajstić information content (AvgIpc) is 3.38. The quantitative estimate of drug-likeness (QED) is 0.355. The number of rotatable bonds is 6. The van der Waals surface area contributed by atoms with Gasteiger partial charge in [0, 0.05) is 10.3 Å². The van der Waals surface area contributed by atoms with E-state index < -0.39 is 0 Å². The number of pyridine rings is 1. The molecule has 214 valence electrons. The highest BCUT2D eigenvalue weighted by molar-refractivity contribution is 7.19. The number of carbonyl (C=O) groups excluding carboxylic acids is 1. The summed E-state index contributed by atoms with van der Waals surface area (Å²) in [6, 6.07) is 0. The Morgan fingerprint density at radius 2 is 1.79 bits per heavy atom. The third-order valence-corrected chi connectivity index (χ3v) is 13.8. The van der Waals surface area contributed by atoms with Gasteiger partial charge in [0.2, 0.25) is 0 Å². The monoisotopic (exact) mass is 550 g/mol. The van der Waals surface area contributed by atoms with E-state index in [4.69, 9.17) is 5.73 Å². The predicted octanol–water partition coefficient (Wildman–Crippen LogP) is 8.41. The number of hydrogen-bond donors (Lipinski definition) is 2. The maximum Gasteiger partial charge on any atom is 0.262 e. The summed E-state index contributed by atoms with van der Waals surface area (Å²) in [4.78, 5) is 30.2. The first-order valence-corrected chi connectivity index (χ1v) is 16.7. The molecule has 39 heavy (non-hydrogen) atoms. The largest absolute Gasteiger partial charge is 0.397 e. The van der Waals surface area contributed by atoms with E-state index in [0.717, 1.165) is 58.6 Å². The first-order valence-electron chi connectivity index (χ1n) is 15.9. The van der Waals surface area contributed by atoms with Crippen molar-refractivity contribution in [2.24, 2.45) is 52.3 Å². The first kappa shape index (κ1) is 27.5. The smallest absolute Gasteiger partial charge is 0.262 e. The summed E-state index contributed by atoms with van der Waals surface area (Å²) in [6.45, 7) is 14.0. The van der Waals surface area contributed by atoms with Gasteiger partial charge in [-0.1, -0.05) is 53.9 Å². The molecule has 0 spiro atoms. The zero-order valence-corrected chi connectivity index (χ0v) is 25.9. The maximum atomic E-state index is 12.7. The fraction of sp³-hybridized carbons (Fsp3) is 0.765. The summed E-state index contributed by atoms with van der Waals surface area (Å²) in [5.41, 5.74) is 8.89. The van der Waals surface area contributed by atoms with Crippen LogP contribution < -0.4 is 11.3 Å². The van der Waals surface area contributed by atoms with Gasteiger partial charge >= 0.3 is 0 Å². The van der Waals surface area contributed by atoms with Crippen molar-refractivity contribution in [2.45, 2.75) is 112 Å². The number of aromatic nitrogens is 1. The topological polar surface area (TPSA) is 76.0 Å². The highest BCUT2D eigenvalue weighted by Crippen LogP contribution is 2.68. The van der Waals surface area contributed by atoms with Gasteiger partial charge in [-0.25, -0.2) is 0 Å². The van der Waals surface area contributed by atoms with Gasteiger partial charge < -0.3 is 10.7 Å². The van der Waals surface area contributed by atoms with E-state index in [9.17, 15) is 9.59 Å². The molecule has 0 saturated heterocycles. The normalized spacial score (nSPS) is 36.3. The molecule has 2 heterocycles. The Balaban J connectivity index is 1.27. The third kappa shape index (κ3) is 4.18. The van der Waals surface area contributed by atoms with Gasteiger partial charge in [0.15, 0.2) is 5.78 Å². The number of aromatic amines is 1. The fourth-order valence-corrected chi connectivity index (χ4v) is 12.2. The standard InChI is InChI=1S/C34H50N2O2S/c1-18(2)8-7-9-19(3)24-12-13-25-22-11-10-21-16-23-27(17-34(21,6)26(22)14-15-33(24,25)5)39-32-29(23)30(35)28(20(4)37)31(38)36-32/h18-19,21-22,24-26H,7-17H2,1-6H3,(H3,35,36,38)/t19-,21+,22+,24-,25+,26+,33-,34+/m1/s1. The molecular weight excluding hydrogens is 500 g/mol. The van der Waals surface area contributed by atoms with E-state index in [0.29, 0.717) is 22.4 Å². The van der Waals surface area contributed by atoms with Crippen LogP contribution in [0.5, 0.6) is 0 Å². The van der Waals surface area contributed by atoms with Crippen LogP contribution in [0, 0.1) is 52.3 Å². The molecule has 8 atom stereocenters. The number of Topliss-reactive ketones (excluding diaryl/α,β-unsaturated/α-hetero) is 1. The van der Waals surface area contributed by atoms with Crippen LogP contribution in [0.25, 0.3) is 10.2 Å². The van der Waals surface area contributed by atoms with Crippen LogP contribution >= 0.6 is 11.3 Å². The second-order valence-electron chi connectivity index (χ2n) is 15.1. The number of hydrogen-bond acceptors (Lipinski definition) is 4. The van der Waals surface area contributed by atoms with Crippen molar-refractivity contribution in [3.63, 3.8) is 0 Å². The molecule has 6 rings (SSSR count). The molecule has 5 heteroatoms. The van der Waals surface area contributed by atoms with E-state index in [1.54, 1.807) is 11.3 Å². The second-order valence-corrected chi connectivity index (χ2v) is 16.2. The van der Waals surface area contributed by atoms with Crippen molar-refractivity contribution in [1.29, 1.82) is 0 Å². The van der Waals surface area contributed by atoms with Crippen molar-refractivity contribution in [3.8, 4) is 0 Å². The minimum Gasteiger partial charge on any atom is -0.397 e. The number of ketones is 1. The number of carbonyl (C=O) groups is 1. The molecule has 3 saturated carbocycles. The van der Waals surface area contributed by atoms with Crippen molar-refractivity contribution in [3.05, 3.63) is 26.4 Å². The molecule has 4 nitrogen and oxygen atoms in total. The Morgan fingerprint density at radius 3 is 2.51 bits per heavy atom. The Hall–Kier alpha value is -1.62. The summed E-state index contributed by atoms with van der Waals surface area (Å²) >= 11 is 1.73. The van der Waals surface area contributed by atoms with E-state index in [2.05, 4.69) is 39.6 Å². The van der Waals surface area contributed by atoms with Gasteiger partial charge in [-0.3, -0.25) is 9.59 Å². The molecule has 0 radical (unpaired) electrons. The SMILES string of the molecule is CC(=O)c1c(N)c2c3c(sc2[nH]c1=O)C[C@@]1(C)[C@@H](CC[C@@H]2[C@@H]1CC[C@]1(C)[C@@H]([C@H](C)CCCC(C)C)CC[C@@H]21)C3. The minimum atomic E-state index is -0.337. The molecule has 4 aliphatic carbocycles. The molecule has 2 aromatic rings. The van der Waals surface area contributed by atoms with Gasteiger partial charge in [-0.2, -0.15) is 0 Å². The van der Waals surface area contributed by atoms with Gasteiger partial charge in [0.1, 0.15) is 10.4 Å². The zero-order chi connectivity index (χ0) is 27.9. The lowest BCUT2D eigenvalue weighted by Crippen LogP contribution is -2.54. The van der Waals surface area contributed by atoms with Gasteiger partial charge in [-0.05, 0) is 116 Å². The van der Waals surface area contributed by atoms with E-state index in [1.165, 1.54) is 75.2 Å². The highest BCUT2D eigenvalue weighted by Gasteiger charge is 2.60. The third-order valence-electron chi connectivity index (χ3n) is 12.7. The minimum absolute atomic E-state index is 0.140. The van der Waals surface area contributed by atoms with Gasteiger partial charge in [0.05, 0.1) is 5.69 Å². The summed E-state index contributed by atoms with van der Waals surface area (Å²) < 4.78 is 0. The second kappa shape index (κ2) is 9.74. The van der Waals surface area contributed by atoms with Crippen molar-refractivity contribution in [1.82, 2.24) is 4.98 Å². The summed E-state index contributed by atoms with van der Waals surface area (Å²) in [5.74, 6) is 5.54. The zero-order valence-electron chi connectivity index (χ0n) is 25.1. The predicted molar refractivity (Wildman–Crippen MR) is 163 cm³/mol. The number of nitrogens with two attached hydrogens (primary N) is 1. The molecule has 2 aromatic heterocycles. The van der Waals surface area contributed by atoms with Crippen LogP contribution in [-0.2, 0) is 12.8 Å². The summed E-state index contributed by atoms with van der Waals surface area (Å²) in [5, 5.41) is 0.963.